The Kier molecular flexibility index (Phi) is 4.18. The van der Waals surface area contributed by atoms with Gasteiger partial charge in [0.1, 0.15) is 0 Å². The van der Waals surface area contributed by atoms with Crippen molar-refractivity contribution in [3.8, 4) is 0 Å². The van der Waals surface area contributed by atoms with Crippen molar-refractivity contribution < 1.29 is 13.2 Å². The number of rotatable bonds is 2. The molecule has 1 unspecified atom stereocenters. The van der Waals surface area contributed by atoms with Crippen LogP contribution in [0.3, 0.4) is 0 Å². The fourth-order valence-corrected chi connectivity index (χ4v) is 3.24. The van der Waals surface area contributed by atoms with Crippen LogP contribution >= 0.6 is 23.2 Å². The molecule has 1 atom stereocenters. The van der Waals surface area contributed by atoms with Crippen molar-refractivity contribution >= 4 is 33.2 Å². The lowest BCUT2D eigenvalue weighted by Gasteiger charge is -2.31. The monoisotopic (exact) mass is 309 g/mol. The number of hydrogen-bond acceptors (Lipinski definition) is 3. The topological polar surface area (TPSA) is 46.6 Å². The molecule has 7 heteroatoms. The average molecular weight is 310 g/mol. The highest BCUT2D eigenvalue weighted by molar-refractivity contribution is 7.88. The molecule has 1 aliphatic rings. The predicted molar refractivity (Wildman–Crippen MR) is 71.6 cm³/mol. The first kappa shape index (κ1) is 14.1. The Balaban J connectivity index is 2.23. The lowest BCUT2D eigenvalue weighted by molar-refractivity contribution is -0.00233. The minimum absolute atomic E-state index is 0.287. The molecule has 18 heavy (non-hydrogen) atoms. The smallest absolute Gasteiger partial charge is 0.211 e. The molecule has 0 bridgehead atoms. The molecule has 1 aliphatic heterocycles. The van der Waals surface area contributed by atoms with E-state index in [1.165, 1.54) is 10.6 Å². The van der Waals surface area contributed by atoms with Crippen LogP contribution in [0.1, 0.15) is 11.7 Å². The molecule has 100 valence electrons. The van der Waals surface area contributed by atoms with Gasteiger partial charge in [-0.1, -0.05) is 23.2 Å². The molecule has 2 rings (SSSR count). The van der Waals surface area contributed by atoms with E-state index in [1.807, 2.05) is 0 Å². The van der Waals surface area contributed by atoms with Gasteiger partial charge in [0, 0.05) is 23.1 Å². The molecule has 1 heterocycles. The van der Waals surface area contributed by atoms with Gasteiger partial charge in [-0.3, -0.25) is 0 Å². The zero-order valence-electron chi connectivity index (χ0n) is 9.77. The first-order chi connectivity index (χ1) is 8.36. The standard InChI is InChI=1S/C11H13Cl2NO3S/c1-18(15,16)14-2-3-17-11(7-14)8-4-9(12)6-10(13)5-8/h4-6,11H,2-3,7H2,1H3. The molecule has 0 amide bonds. The van der Waals surface area contributed by atoms with Gasteiger partial charge in [-0.15, -0.1) is 0 Å². The average Bonchev–Trinajstić information content (AvgIpc) is 2.27. The summed E-state index contributed by atoms with van der Waals surface area (Å²) in [6.45, 7) is 1.03. The number of sulfonamides is 1. The lowest BCUT2D eigenvalue weighted by Crippen LogP contribution is -2.41. The molecule has 1 fully saturated rings. The molecule has 0 N–H and O–H groups in total. The summed E-state index contributed by atoms with van der Waals surface area (Å²) in [6.07, 6.45) is 0.866. The van der Waals surface area contributed by atoms with Crippen LogP contribution in [0.25, 0.3) is 0 Å². The summed E-state index contributed by atoms with van der Waals surface area (Å²) in [7, 11) is -3.20. The van der Waals surface area contributed by atoms with E-state index in [4.69, 9.17) is 27.9 Å². The van der Waals surface area contributed by atoms with Crippen molar-refractivity contribution in [3.05, 3.63) is 33.8 Å². The highest BCUT2D eigenvalue weighted by atomic mass is 35.5. The maximum Gasteiger partial charge on any atom is 0.211 e. The van der Waals surface area contributed by atoms with Gasteiger partial charge in [-0.25, -0.2) is 8.42 Å². The van der Waals surface area contributed by atoms with Crippen molar-refractivity contribution in [2.45, 2.75) is 6.10 Å². The third-order valence-electron chi connectivity index (χ3n) is 2.75. The Morgan fingerprint density at radius 2 is 1.89 bits per heavy atom. The first-order valence-electron chi connectivity index (χ1n) is 5.39. The second-order valence-electron chi connectivity index (χ2n) is 4.18. The molecule has 1 aromatic carbocycles. The van der Waals surface area contributed by atoms with Crippen LogP contribution < -0.4 is 0 Å². The zero-order chi connectivity index (χ0) is 13.3. The van der Waals surface area contributed by atoms with Crippen molar-refractivity contribution in [1.29, 1.82) is 0 Å². The largest absolute Gasteiger partial charge is 0.371 e. The molecular weight excluding hydrogens is 297 g/mol. The number of morpholine rings is 1. The van der Waals surface area contributed by atoms with Crippen LogP contribution in [0.15, 0.2) is 18.2 Å². The Morgan fingerprint density at radius 1 is 1.28 bits per heavy atom. The van der Waals surface area contributed by atoms with Crippen molar-refractivity contribution in [2.24, 2.45) is 0 Å². The molecule has 0 radical (unpaired) electrons. The summed E-state index contributed by atoms with van der Waals surface area (Å²) in [5.41, 5.74) is 0.792. The van der Waals surface area contributed by atoms with Crippen LogP contribution in [-0.4, -0.2) is 38.7 Å². The number of ether oxygens (including phenoxy) is 1. The Labute approximate surface area is 116 Å². The number of benzene rings is 1. The van der Waals surface area contributed by atoms with E-state index in [1.54, 1.807) is 18.2 Å². The van der Waals surface area contributed by atoms with E-state index in [0.717, 1.165) is 5.56 Å². The van der Waals surface area contributed by atoms with Gasteiger partial charge in [0.15, 0.2) is 0 Å². The van der Waals surface area contributed by atoms with Gasteiger partial charge in [-0.05, 0) is 23.8 Å². The number of halogens is 2. The van der Waals surface area contributed by atoms with Crippen LogP contribution in [-0.2, 0) is 14.8 Å². The minimum atomic E-state index is -3.20. The van der Waals surface area contributed by atoms with Crippen LogP contribution in [0, 0.1) is 0 Å². The van der Waals surface area contributed by atoms with E-state index < -0.39 is 10.0 Å². The van der Waals surface area contributed by atoms with Crippen LogP contribution in [0.5, 0.6) is 0 Å². The van der Waals surface area contributed by atoms with E-state index >= 15 is 0 Å². The van der Waals surface area contributed by atoms with E-state index in [9.17, 15) is 8.42 Å². The number of hydrogen-bond donors (Lipinski definition) is 0. The van der Waals surface area contributed by atoms with Gasteiger partial charge in [0.2, 0.25) is 10.0 Å². The molecule has 1 aromatic rings. The van der Waals surface area contributed by atoms with Gasteiger partial charge in [0.05, 0.1) is 19.0 Å². The molecule has 0 spiro atoms. The Bertz CT molecular complexity index is 527. The van der Waals surface area contributed by atoms with Gasteiger partial charge < -0.3 is 4.74 Å². The van der Waals surface area contributed by atoms with Crippen molar-refractivity contribution in [1.82, 2.24) is 4.31 Å². The van der Waals surface area contributed by atoms with Gasteiger partial charge in [0.25, 0.3) is 0 Å². The number of nitrogens with zero attached hydrogens (tertiary/aromatic N) is 1. The summed E-state index contributed by atoms with van der Waals surface area (Å²) >= 11 is 11.8. The molecule has 4 nitrogen and oxygen atoms in total. The van der Waals surface area contributed by atoms with Gasteiger partial charge in [-0.2, -0.15) is 4.31 Å². The summed E-state index contributed by atoms with van der Waals surface area (Å²) < 4.78 is 30.0. The maximum atomic E-state index is 11.5. The first-order valence-corrected chi connectivity index (χ1v) is 7.99. The quantitative estimate of drug-likeness (QED) is 0.842. The van der Waals surface area contributed by atoms with Gasteiger partial charge >= 0.3 is 0 Å². The third-order valence-corrected chi connectivity index (χ3v) is 4.46. The highest BCUT2D eigenvalue weighted by Gasteiger charge is 2.27. The molecule has 1 saturated heterocycles. The SMILES string of the molecule is CS(=O)(=O)N1CCOC(c2cc(Cl)cc(Cl)c2)C1. The van der Waals surface area contributed by atoms with Crippen molar-refractivity contribution in [3.63, 3.8) is 0 Å². The Hall–Kier alpha value is -0.330. The minimum Gasteiger partial charge on any atom is -0.371 e. The zero-order valence-corrected chi connectivity index (χ0v) is 12.1. The summed E-state index contributed by atoms with van der Waals surface area (Å²) in [5.74, 6) is 0. The molecule has 0 saturated carbocycles. The van der Waals surface area contributed by atoms with E-state index in [-0.39, 0.29) is 12.6 Å². The summed E-state index contributed by atoms with van der Waals surface area (Å²) in [4.78, 5) is 0. The van der Waals surface area contributed by atoms with Crippen LogP contribution in [0.4, 0.5) is 0 Å². The van der Waals surface area contributed by atoms with E-state index in [0.29, 0.717) is 23.2 Å². The van der Waals surface area contributed by atoms with Crippen molar-refractivity contribution in [2.75, 3.05) is 26.0 Å². The van der Waals surface area contributed by atoms with E-state index in [2.05, 4.69) is 0 Å². The Morgan fingerprint density at radius 3 is 2.44 bits per heavy atom. The highest BCUT2D eigenvalue weighted by Crippen LogP contribution is 2.28. The molecular formula is C11H13Cl2NO3S. The maximum absolute atomic E-state index is 11.5. The summed E-state index contributed by atoms with van der Waals surface area (Å²) in [5, 5.41) is 1.02. The predicted octanol–water partition coefficient (Wildman–Crippen LogP) is 2.33. The third kappa shape index (κ3) is 3.36. The molecule has 0 aromatic heterocycles. The fraction of sp³-hybridized carbons (Fsp3) is 0.455. The molecule has 0 aliphatic carbocycles. The second-order valence-corrected chi connectivity index (χ2v) is 7.04. The lowest BCUT2D eigenvalue weighted by atomic mass is 10.1. The normalized spacial score (nSPS) is 22.1. The second kappa shape index (κ2) is 5.35. The van der Waals surface area contributed by atoms with Crippen LogP contribution in [0.2, 0.25) is 10.0 Å². The summed E-state index contributed by atoms with van der Waals surface area (Å²) in [6, 6.07) is 5.11. The fourth-order valence-electron chi connectivity index (χ4n) is 1.89.